The third-order valence-electron chi connectivity index (χ3n) is 2.69. The summed E-state index contributed by atoms with van der Waals surface area (Å²) in [4.78, 5) is 15.4. The molecule has 0 saturated carbocycles. The first kappa shape index (κ1) is 10.7. The van der Waals surface area contributed by atoms with Gasteiger partial charge in [0.25, 0.3) is 0 Å². The molecule has 1 aromatic carbocycles. The Morgan fingerprint density at radius 2 is 2.33 bits per heavy atom. The van der Waals surface area contributed by atoms with Gasteiger partial charge in [0.1, 0.15) is 18.1 Å². The number of rotatable bonds is 2. The summed E-state index contributed by atoms with van der Waals surface area (Å²) in [6.45, 7) is 0. The number of nitrogens with two attached hydrogens (primary N) is 1. The van der Waals surface area contributed by atoms with Crippen LogP contribution in [0, 0.1) is 0 Å². The Hall–Kier alpha value is -2.41. The van der Waals surface area contributed by atoms with Crippen molar-refractivity contribution in [1.29, 1.82) is 0 Å². The van der Waals surface area contributed by atoms with Crippen LogP contribution in [0.1, 0.15) is 11.6 Å². The van der Waals surface area contributed by atoms with E-state index < -0.39 is 6.04 Å². The molecule has 1 unspecified atom stereocenters. The lowest BCUT2D eigenvalue weighted by atomic mass is 10.1. The predicted molar refractivity (Wildman–Crippen MR) is 63.1 cm³/mol. The van der Waals surface area contributed by atoms with E-state index in [9.17, 15) is 4.79 Å². The lowest BCUT2D eigenvalue weighted by molar-refractivity contribution is -0.116. The number of hydrogen-bond acceptors (Lipinski definition) is 5. The molecule has 3 N–H and O–H groups in total. The highest BCUT2D eigenvalue weighted by atomic mass is 16.5. The van der Waals surface area contributed by atoms with E-state index in [-0.39, 0.29) is 11.9 Å². The van der Waals surface area contributed by atoms with Gasteiger partial charge in [-0.15, -0.1) is 5.10 Å². The molecule has 92 valence electrons. The van der Waals surface area contributed by atoms with Gasteiger partial charge in [-0.25, -0.2) is 0 Å². The van der Waals surface area contributed by atoms with Gasteiger partial charge in [0.05, 0.1) is 0 Å². The van der Waals surface area contributed by atoms with Crippen LogP contribution in [0.2, 0.25) is 0 Å². The van der Waals surface area contributed by atoms with Gasteiger partial charge in [0.15, 0.2) is 0 Å². The summed E-state index contributed by atoms with van der Waals surface area (Å²) in [5, 5.41) is 6.69. The van der Waals surface area contributed by atoms with Gasteiger partial charge in [-0.05, 0) is 6.07 Å². The first-order chi connectivity index (χ1) is 8.63. The summed E-state index contributed by atoms with van der Waals surface area (Å²) in [5.41, 5.74) is 7.15. The number of aryl methyl sites for hydroxylation is 1. The van der Waals surface area contributed by atoms with Gasteiger partial charge < -0.3 is 15.8 Å². The van der Waals surface area contributed by atoms with Crippen molar-refractivity contribution in [3.8, 4) is 11.8 Å². The summed E-state index contributed by atoms with van der Waals surface area (Å²) >= 11 is 0. The summed E-state index contributed by atoms with van der Waals surface area (Å²) in [5.74, 6) is 0.340. The third-order valence-corrected chi connectivity index (χ3v) is 2.69. The summed E-state index contributed by atoms with van der Waals surface area (Å²) in [7, 11) is 1.75. The number of nitrogens with zero attached hydrogens (tertiary/aromatic N) is 3. The fraction of sp³-hybridized carbons (Fsp3) is 0.182. The van der Waals surface area contributed by atoms with Crippen LogP contribution >= 0.6 is 0 Å². The zero-order chi connectivity index (χ0) is 12.7. The highest BCUT2D eigenvalue weighted by molar-refractivity contribution is 6.02. The average Bonchev–Trinajstić information content (AvgIpc) is 2.85. The molecular weight excluding hydrogens is 234 g/mol. The quantitative estimate of drug-likeness (QED) is 0.806. The van der Waals surface area contributed by atoms with Crippen LogP contribution in [0.15, 0.2) is 24.5 Å². The fourth-order valence-electron chi connectivity index (χ4n) is 1.80. The maximum Gasteiger partial charge on any atom is 0.340 e. The second-order valence-corrected chi connectivity index (χ2v) is 4.02. The number of benzene rings is 1. The van der Waals surface area contributed by atoms with Crippen molar-refractivity contribution >= 4 is 11.6 Å². The molecule has 0 fully saturated rings. The van der Waals surface area contributed by atoms with E-state index >= 15 is 0 Å². The van der Waals surface area contributed by atoms with Crippen LogP contribution in [0.5, 0.6) is 11.8 Å². The van der Waals surface area contributed by atoms with Crippen molar-refractivity contribution in [3.05, 3.63) is 30.1 Å². The Morgan fingerprint density at radius 3 is 3.06 bits per heavy atom. The van der Waals surface area contributed by atoms with E-state index in [2.05, 4.69) is 15.4 Å². The van der Waals surface area contributed by atoms with Gasteiger partial charge in [0.2, 0.25) is 5.91 Å². The van der Waals surface area contributed by atoms with E-state index in [4.69, 9.17) is 10.5 Å². The minimum absolute atomic E-state index is 0.210. The first-order valence-corrected chi connectivity index (χ1v) is 5.37. The molecular formula is C11H11N5O2. The molecule has 0 saturated heterocycles. The van der Waals surface area contributed by atoms with E-state index in [1.54, 1.807) is 36.3 Å². The summed E-state index contributed by atoms with van der Waals surface area (Å²) in [6, 6.07) is 4.84. The van der Waals surface area contributed by atoms with E-state index in [0.29, 0.717) is 11.4 Å². The van der Waals surface area contributed by atoms with Gasteiger partial charge in [-0.3, -0.25) is 9.48 Å². The minimum Gasteiger partial charge on any atom is -0.423 e. The van der Waals surface area contributed by atoms with E-state index in [0.717, 1.165) is 5.56 Å². The molecule has 18 heavy (non-hydrogen) atoms. The number of fused-ring (bicyclic) bond motifs is 1. The maximum atomic E-state index is 11.4. The second kappa shape index (κ2) is 3.81. The SMILES string of the molecule is Cn1cnc(Oc2ccc3c(c2)NC(=O)C3N)n1. The van der Waals surface area contributed by atoms with Gasteiger partial charge in [-0.2, -0.15) is 4.98 Å². The number of ether oxygens (including phenoxy) is 1. The molecule has 0 spiro atoms. The summed E-state index contributed by atoms with van der Waals surface area (Å²) in [6.07, 6.45) is 1.54. The molecule has 7 nitrogen and oxygen atoms in total. The zero-order valence-electron chi connectivity index (χ0n) is 9.62. The average molecular weight is 245 g/mol. The van der Waals surface area contributed by atoms with Crippen LogP contribution < -0.4 is 15.8 Å². The molecule has 1 atom stereocenters. The third kappa shape index (κ3) is 1.70. The van der Waals surface area contributed by atoms with Gasteiger partial charge in [-0.1, -0.05) is 6.07 Å². The van der Waals surface area contributed by atoms with Crippen LogP contribution in [0.3, 0.4) is 0 Å². The molecule has 1 amide bonds. The molecule has 2 heterocycles. The fourth-order valence-corrected chi connectivity index (χ4v) is 1.80. The topological polar surface area (TPSA) is 95.1 Å². The Labute approximate surface area is 103 Å². The standard InChI is InChI=1S/C11H11N5O2/c1-16-5-13-11(15-16)18-6-2-3-7-8(4-6)14-10(17)9(7)12/h2-5,9H,12H2,1H3,(H,14,17). The van der Waals surface area contributed by atoms with E-state index in [1.807, 2.05) is 0 Å². The second-order valence-electron chi connectivity index (χ2n) is 4.02. The zero-order valence-corrected chi connectivity index (χ0v) is 9.62. The van der Waals surface area contributed by atoms with Crippen molar-refractivity contribution in [2.75, 3.05) is 5.32 Å². The van der Waals surface area contributed by atoms with Crippen molar-refractivity contribution in [1.82, 2.24) is 14.8 Å². The number of aromatic nitrogens is 3. The molecule has 0 bridgehead atoms. The van der Waals surface area contributed by atoms with E-state index in [1.165, 1.54) is 0 Å². The number of carbonyl (C=O) groups excluding carboxylic acids is 1. The number of hydrogen-bond donors (Lipinski definition) is 2. The Balaban J connectivity index is 1.88. The lowest BCUT2D eigenvalue weighted by Crippen LogP contribution is -2.19. The van der Waals surface area contributed by atoms with Gasteiger partial charge in [0, 0.05) is 24.4 Å². The van der Waals surface area contributed by atoms with Crippen molar-refractivity contribution < 1.29 is 9.53 Å². The minimum atomic E-state index is -0.609. The van der Waals surface area contributed by atoms with Crippen LogP contribution in [0.4, 0.5) is 5.69 Å². The number of nitrogens with one attached hydrogen (secondary N) is 1. The lowest BCUT2D eigenvalue weighted by Gasteiger charge is -2.04. The maximum absolute atomic E-state index is 11.4. The normalized spacial score (nSPS) is 17.4. The smallest absolute Gasteiger partial charge is 0.340 e. The van der Waals surface area contributed by atoms with Crippen molar-refractivity contribution in [2.45, 2.75) is 6.04 Å². The largest absolute Gasteiger partial charge is 0.423 e. The molecule has 0 aliphatic carbocycles. The van der Waals surface area contributed by atoms with Crippen molar-refractivity contribution in [2.24, 2.45) is 12.8 Å². The molecule has 1 aliphatic rings. The highest BCUT2D eigenvalue weighted by Gasteiger charge is 2.27. The number of amides is 1. The monoisotopic (exact) mass is 245 g/mol. The molecule has 2 aromatic rings. The van der Waals surface area contributed by atoms with Crippen LogP contribution in [-0.2, 0) is 11.8 Å². The number of carbonyl (C=O) groups is 1. The Bertz CT molecular complexity index is 622. The molecule has 3 rings (SSSR count). The van der Waals surface area contributed by atoms with Crippen LogP contribution in [-0.4, -0.2) is 20.7 Å². The Kier molecular flexibility index (Phi) is 2.27. The van der Waals surface area contributed by atoms with Gasteiger partial charge >= 0.3 is 6.01 Å². The molecule has 0 radical (unpaired) electrons. The molecule has 1 aliphatic heterocycles. The summed E-state index contributed by atoms with van der Waals surface area (Å²) < 4.78 is 7.00. The molecule has 1 aromatic heterocycles. The van der Waals surface area contributed by atoms with Crippen LogP contribution in [0.25, 0.3) is 0 Å². The highest BCUT2D eigenvalue weighted by Crippen LogP contribution is 2.33. The van der Waals surface area contributed by atoms with Crippen molar-refractivity contribution in [3.63, 3.8) is 0 Å². The molecule has 7 heteroatoms. The predicted octanol–water partition coefficient (Wildman–Crippen LogP) is 0.559. The Morgan fingerprint density at radius 1 is 1.50 bits per heavy atom. The first-order valence-electron chi connectivity index (χ1n) is 5.37. The number of anilines is 1.